The number of fused-ring (bicyclic) bond motifs is 4. The lowest BCUT2D eigenvalue weighted by Gasteiger charge is -2.43. The summed E-state index contributed by atoms with van der Waals surface area (Å²) in [6.45, 7) is 9.66. The van der Waals surface area contributed by atoms with E-state index in [4.69, 9.17) is 4.74 Å². The Balaban J connectivity index is 1.63. The Labute approximate surface area is 137 Å². The van der Waals surface area contributed by atoms with Crippen LogP contribution in [0, 0.1) is 5.92 Å². The van der Waals surface area contributed by atoms with Crippen LogP contribution in [0.1, 0.15) is 38.8 Å². The monoisotopic (exact) mass is 320 g/mol. The van der Waals surface area contributed by atoms with Gasteiger partial charge in [0.25, 0.3) is 5.56 Å². The van der Waals surface area contributed by atoms with Gasteiger partial charge in [0.15, 0.2) is 0 Å². The van der Waals surface area contributed by atoms with E-state index in [9.17, 15) is 9.90 Å². The van der Waals surface area contributed by atoms with Crippen LogP contribution >= 0.6 is 0 Å². The van der Waals surface area contributed by atoms with Crippen molar-refractivity contribution in [2.45, 2.75) is 51.4 Å². The third kappa shape index (κ3) is 4.03. The van der Waals surface area contributed by atoms with Gasteiger partial charge in [0, 0.05) is 43.9 Å². The van der Waals surface area contributed by atoms with Gasteiger partial charge in [0.05, 0.1) is 18.3 Å². The average molecular weight is 320 g/mol. The zero-order valence-electron chi connectivity index (χ0n) is 14.4. The van der Waals surface area contributed by atoms with Gasteiger partial charge in [-0.15, -0.1) is 0 Å². The van der Waals surface area contributed by atoms with Gasteiger partial charge in [-0.3, -0.25) is 9.69 Å². The summed E-state index contributed by atoms with van der Waals surface area (Å²) in [4.78, 5) is 14.4. The van der Waals surface area contributed by atoms with Crippen molar-refractivity contribution in [3.63, 3.8) is 0 Å². The highest BCUT2D eigenvalue weighted by atomic mass is 16.5. The van der Waals surface area contributed by atoms with Crippen molar-refractivity contribution in [1.29, 1.82) is 0 Å². The van der Waals surface area contributed by atoms with Crippen molar-refractivity contribution in [3.05, 3.63) is 34.2 Å². The second-order valence-electron chi connectivity index (χ2n) is 7.99. The number of nitrogens with zero attached hydrogens (tertiary/aromatic N) is 2. The van der Waals surface area contributed by atoms with E-state index in [1.165, 1.54) is 0 Å². The highest BCUT2D eigenvalue weighted by Gasteiger charge is 2.34. The molecule has 3 atom stereocenters. The van der Waals surface area contributed by atoms with Crippen LogP contribution < -0.4 is 5.56 Å². The van der Waals surface area contributed by atoms with Crippen LogP contribution in [0.4, 0.5) is 0 Å². The normalized spacial score (nSPS) is 25.9. The molecule has 3 rings (SSSR count). The lowest BCUT2D eigenvalue weighted by Crippen LogP contribution is -2.49. The number of hydrogen-bond acceptors (Lipinski definition) is 4. The number of likely N-dealkylation sites (tertiary alicyclic amines) is 1. The Bertz CT molecular complexity index is 605. The summed E-state index contributed by atoms with van der Waals surface area (Å²) in [7, 11) is 0. The summed E-state index contributed by atoms with van der Waals surface area (Å²) in [5, 5.41) is 10.2. The predicted octanol–water partition coefficient (Wildman–Crippen LogP) is 1.44. The minimum absolute atomic E-state index is 0.115. The fraction of sp³-hybridized carbons (Fsp3) is 0.722. The van der Waals surface area contributed by atoms with Crippen LogP contribution in [-0.2, 0) is 11.3 Å². The molecule has 23 heavy (non-hydrogen) atoms. The first-order chi connectivity index (χ1) is 10.8. The maximum atomic E-state index is 12.0. The Morgan fingerprint density at radius 1 is 1.30 bits per heavy atom. The van der Waals surface area contributed by atoms with Gasteiger partial charge in [0.1, 0.15) is 0 Å². The number of piperidine rings is 1. The molecule has 1 saturated heterocycles. The molecule has 2 bridgehead atoms. The zero-order valence-corrected chi connectivity index (χ0v) is 14.4. The molecule has 0 amide bonds. The summed E-state index contributed by atoms with van der Waals surface area (Å²) >= 11 is 0. The average Bonchev–Trinajstić information content (AvgIpc) is 2.46. The fourth-order valence-electron chi connectivity index (χ4n) is 3.84. The van der Waals surface area contributed by atoms with E-state index in [1.54, 1.807) is 6.07 Å². The Morgan fingerprint density at radius 3 is 2.83 bits per heavy atom. The van der Waals surface area contributed by atoms with Crippen LogP contribution in [0.3, 0.4) is 0 Å². The molecule has 1 aromatic heterocycles. The number of hydrogen-bond donors (Lipinski definition) is 1. The number of aliphatic hydroxyl groups is 1. The van der Waals surface area contributed by atoms with E-state index in [-0.39, 0.29) is 11.2 Å². The third-order valence-corrected chi connectivity index (χ3v) is 4.73. The number of aliphatic hydroxyl groups excluding tert-OH is 1. The van der Waals surface area contributed by atoms with Gasteiger partial charge in [-0.2, -0.15) is 0 Å². The first kappa shape index (κ1) is 16.7. The first-order valence-electron chi connectivity index (χ1n) is 8.56. The molecule has 5 nitrogen and oxygen atoms in total. The molecule has 3 heterocycles. The van der Waals surface area contributed by atoms with Crippen molar-refractivity contribution in [2.75, 3.05) is 26.2 Å². The van der Waals surface area contributed by atoms with Gasteiger partial charge >= 0.3 is 0 Å². The molecular formula is C18H28N2O3. The molecule has 0 radical (unpaired) electrons. The van der Waals surface area contributed by atoms with Crippen molar-refractivity contribution < 1.29 is 9.84 Å². The van der Waals surface area contributed by atoms with E-state index in [1.807, 2.05) is 31.4 Å². The molecule has 0 spiro atoms. The van der Waals surface area contributed by atoms with Crippen molar-refractivity contribution in [1.82, 2.24) is 9.47 Å². The third-order valence-electron chi connectivity index (χ3n) is 4.73. The lowest BCUT2D eigenvalue weighted by atomic mass is 9.83. The molecule has 0 aromatic carbocycles. The fourth-order valence-corrected chi connectivity index (χ4v) is 3.84. The van der Waals surface area contributed by atoms with Crippen LogP contribution in [0.2, 0.25) is 0 Å². The zero-order chi connectivity index (χ0) is 16.6. The van der Waals surface area contributed by atoms with Crippen LogP contribution in [0.15, 0.2) is 23.0 Å². The van der Waals surface area contributed by atoms with Crippen molar-refractivity contribution in [3.8, 4) is 0 Å². The highest BCUT2D eigenvalue weighted by Crippen LogP contribution is 2.34. The molecule has 1 aromatic rings. The Kier molecular flexibility index (Phi) is 4.63. The van der Waals surface area contributed by atoms with Gasteiger partial charge in [0.2, 0.25) is 0 Å². The molecule has 1 N–H and O–H groups in total. The predicted molar refractivity (Wildman–Crippen MR) is 89.7 cm³/mol. The standard InChI is InChI=1S/C18H28N2O3/c1-18(2,3)23-12-15(21)11-19-8-13-7-14(10-19)16-5-4-6-17(22)20(16)9-13/h4-6,13-15,21H,7-12H2,1-3H3. The smallest absolute Gasteiger partial charge is 0.250 e. The largest absolute Gasteiger partial charge is 0.389 e. The number of rotatable bonds is 4. The van der Waals surface area contributed by atoms with Crippen LogP contribution in [0.25, 0.3) is 0 Å². The van der Waals surface area contributed by atoms with Crippen LogP contribution in [0.5, 0.6) is 0 Å². The van der Waals surface area contributed by atoms with Crippen LogP contribution in [-0.4, -0.2) is 52.5 Å². The van der Waals surface area contributed by atoms with E-state index in [0.29, 0.717) is 25.0 Å². The molecule has 5 heteroatoms. The van der Waals surface area contributed by atoms with Crippen molar-refractivity contribution >= 4 is 0 Å². The maximum absolute atomic E-state index is 12.0. The molecule has 2 aliphatic heterocycles. The summed E-state index contributed by atoms with van der Waals surface area (Å²) in [5.74, 6) is 0.893. The van der Waals surface area contributed by atoms with Gasteiger partial charge in [-0.05, 0) is 39.2 Å². The number of β-amino-alcohol motifs (C(OH)–C–C–N with tert-alkyl or cyclic N) is 1. The summed E-state index contributed by atoms with van der Waals surface area (Å²) < 4.78 is 7.62. The quantitative estimate of drug-likeness (QED) is 0.912. The number of pyridine rings is 1. The summed E-state index contributed by atoms with van der Waals surface area (Å²) in [5.41, 5.74) is 1.04. The van der Waals surface area contributed by atoms with E-state index < -0.39 is 6.10 Å². The lowest BCUT2D eigenvalue weighted by molar-refractivity contribution is -0.0599. The van der Waals surface area contributed by atoms with E-state index in [0.717, 1.165) is 31.7 Å². The summed E-state index contributed by atoms with van der Waals surface area (Å²) in [6, 6.07) is 5.58. The minimum Gasteiger partial charge on any atom is -0.389 e. The maximum Gasteiger partial charge on any atom is 0.250 e. The van der Waals surface area contributed by atoms with Gasteiger partial charge in [-0.25, -0.2) is 0 Å². The molecule has 0 saturated carbocycles. The van der Waals surface area contributed by atoms with E-state index >= 15 is 0 Å². The van der Waals surface area contributed by atoms with Crippen molar-refractivity contribution in [2.24, 2.45) is 5.92 Å². The first-order valence-corrected chi connectivity index (χ1v) is 8.56. The molecule has 1 fully saturated rings. The number of aromatic nitrogens is 1. The molecule has 0 aliphatic carbocycles. The SMILES string of the molecule is CC(C)(C)OCC(O)CN1CC2CC(C1)c1cccc(=O)n1C2. The van der Waals surface area contributed by atoms with Gasteiger partial charge < -0.3 is 14.4 Å². The molecular weight excluding hydrogens is 292 g/mol. The second kappa shape index (κ2) is 6.38. The molecule has 2 aliphatic rings. The summed E-state index contributed by atoms with van der Waals surface area (Å²) in [6.07, 6.45) is 0.681. The Morgan fingerprint density at radius 2 is 2.09 bits per heavy atom. The topological polar surface area (TPSA) is 54.7 Å². The number of ether oxygens (including phenoxy) is 1. The highest BCUT2D eigenvalue weighted by molar-refractivity contribution is 5.16. The Hall–Kier alpha value is -1.17. The van der Waals surface area contributed by atoms with E-state index in [2.05, 4.69) is 11.0 Å². The minimum atomic E-state index is -0.467. The van der Waals surface area contributed by atoms with Gasteiger partial charge in [-0.1, -0.05) is 6.07 Å². The molecule has 3 unspecified atom stereocenters. The second-order valence-corrected chi connectivity index (χ2v) is 7.99. The molecule has 128 valence electrons.